The summed E-state index contributed by atoms with van der Waals surface area (Å²) in [5.41, 5.74) is 0. The SMILES string of the molecule is CC(C)[C@H](NS(=O)(=O)c1ccccc1)C(=O)N1CCN(S(C)(=O)=O)CC1. The van der Waals surface area contributed by atoms with Gasteiger partial charge in [0, 0.05) is 26.2 Å². The third kappa shape index (κ3) is 5.03. The van der Waals surface area contributed by atoms with Crippen molar-refractivity contribution >= 4 is 26.0 Å². The fourth-order valence-electron chi connectivity index (χ4n) is 2.74. The van der Waals surface area contributed by atoms with E-state index < -0.39 is 26.1 Å². The Morgan fingerprint density at radius 1 is 1.00 bits per heavy atom. The molecule has 0 unspecified atom stereocenters. The minimum absolute atomic E-state index is 0.0975. The van der Waals surface area contributed by atoms with Crippen LogP contribution < -0.4 is 4.72 Å². The molecule has 1 aliphatic rings. The number of piperazine rings is 1. The summed E-state index contributed by atoms with van der Waals surface area (Å²) < 4.78 is 52.1. The zero-order valence-electron chi connectivity index (χ0n) is 15.1. The minimum Gasteiger partial charge on any atom is -0.339 e. The molecular weight excluding hydrogens is 378 g/mol. The predicted molar refractivity (Wildman–Crippen MR) is 98.4 cm³/mol. The van der Waals surface area contributed by atoms with E-state index in [1.165, 1.54) is 21.3 Å². The Kier molecular flexibility index (Phi) is 6.43. The van der Waals surface area contributed by atoms with Gasteiger partial charge in [-0.15, -0.1) is 0 Å². The lowest BCUT2D eigenvalue weighted by atomic mass is 10.0. The second-order valence-electron chi connectivity index (χ2n) is 6.64. The van der Waals surface area contributed by atoms with Crippen molar-refractivity contribution in [3.63, 3.8) is 0 Å². The van der Waals surface area contributed by atoms with E-state index >= 15 is 0 Å². The first kappa shape index (κ1) is 20.8. The molecule has 26 heavy (non-hydrogen) atoms. The zero-order chi connectivity index (χ0) is 19.5. The molecule has 0 radical (unpaired) electrons. The molecule has 1 aliphatic heterocycles. The molecule has 0 aliphatic carbocycles. The van der Waals surface area contributed by atoms with Crippen molar-refractivity contribution in [2.24, 2.45) is 5.92 Å². The average Bonchev–Trinajstić information content (AvgIpc) is 2.59. The van der Waals surface area contributed by atoms with Crippen molar-refractivity contribution in [3.05, 3.63) is 30.3 Å². The highest BCUT2D eigenvalue weighted by molar-refractivity contribution is 7.89. The van der Waals surface area contributed by atoms with Crippen molar-refractivity contribution in [3.8, 4) is 0 Å². The van der Waals surface area contributed by atoms with E-state index in [1.807, 2.05) is 0 Å². The number of sulfonamides is 2. The van der Waals surface area contributed by atoms with Crippen LogP contribution in [-0.4, -0.2) is 70.4 Å². The molecule has 1 N–H and O–H groups in total. The highest BCUT2D eigenvalue weighted by Crippen LogP contribution is 2.15. The average molecular weight is 404 g/mol. The van der Waals surface area contributed by atoms with Gasteiger partial charge in [0.15, 0.2) is 0 Å². The van der Waals surface area contributed by atoms with E-state index in [1.54, 1.807) is 32.0 Å². The van der Waals surface area contributed by atoms with Gasteiger partial charge in [-0.05, 0) is 18.1 Å². The molecule has 0 bridgehead atoms. The monoisotopic (exact) mass is 403 g/mol. The van der Waals surface area contributed by atoms with Crippen LogP contribution in [0.5, 0.6) is 0 Å². The number of carbonyl (C=O) groups excluding carboxylic acids is 1. The maximum absolute atomic E-state index is 12.8. The molecule has 1 saturated heterocycles. The molecule has 10 heteroatoms. The molecule has 0 aromatic heterocycles. The first-order chi connectivity index (χ1) is 12.0. The molecule has 1 aromatic rings. The van der Waals surface area contributed by atoms with Crippen LogP contribution in [0.1, 0.15) is 13.8 Å². The van der Waals surface area contributed by atoms with Crippen molar-refractivity contribution < 1.29 is 21.6 Å². The second-order valence-corrected chi connectivity index (χ2v) is 10.3. The highest BCUT2D eigenvalue weighted by atomic mass is 32.2. The van der Waals surface area contributed by atoms with E-state index in [-0.39, 0.29) is 42.9 Å². The Bertz CT molecular complexity index is 830. The summed E-state index contributed by atoms with van der Waals surface area (Å²) in [6.07, 6.45) is 1.13. The molecule has 1 heterocycles. The Morgan fingerprint density at radius 2 is 1.54 bits per heavy atom. The van der Waals surface area contributed by atoms with Gasteiger partial charge in [0.25, 0.3) is 0 Å². The quantitative estimate of drug-likeness (QED) is 0.725. The van der Waals surface area contributed by atoms with Crippen LogP contribution >= 0.6 is 0 Å². The summed E-state index contributed by atoms with van der Waals surface area (Å²) in [4.78, 5) is 14.4. The minimum atomic E-state index is -3.83. The van der Waals surface area contributed by atoms with E-state index in [9.17, 15) is 21.6 Å². The van der Waals surface area contributed by atoms with Crippen molar-refractivity contribution in [2.75, 3.05) is 32.4 Å². The van der Waals surface area contributed by atoms with Crippen LogP contribution in [-0.2, 0) is 24.8 Å². The third-order valence-corrected chi connectivity index (χ3v) is 7.05. The molecule has 0 saturated carbocycles. The number of carbonyl (C=O) groups is 1. The number of hydrogen-bond acceptors (Lipinski definition) is 5. The van der Waals surface area contributed by atoms with E-state index in [0.29, 0.717) is 0 Å². The fourth-order valence-corrected chi connectivity index (χ4v) is 4.93. The van der Waals surface area contributed by atoms with Crippen molar-refractivity contribution in [1.29, 1.82) is 0 Å². The Labute approximate surface area is 155 Å². The van der Waals surface area contributed by atoms with Crippen LogP contribution in [0.3, 0.4) is 0 Å². The largest absolute Gasteiger partial charge is 0.339 e. The number of nitrogens with one attached hydrogen (secondary N) is 1. The van der Waals surface area contributed by atoms with E-state index in [4.69, 9.17) is 0 Å². The van der Waals surface area contributed by atoms with Gasteiger partial charge < -0.3 is 4.90 Å². The topological polar surface area (TPSA) is 104 Å². The van der Waals surface area contributed by atoms with Gasteiger partial charge >= 0.3 is 0 Å². The summed E-state index contributed by atoms with van der Waals surface area (Å²) >= 11 is 0. The van der Waals surface area contributed by atoms with Crippen LogP contribution in [0.25, 0.3) is 0 Å². The number of rotatable bonds is 6. The lowest BCUT2D eigenvalue weighted by Crippen LogP contribution is -2.56. The second kappa shape index (κ2) is 8.03. The van der Waals surface area contributed by atoms with Crippen LogP contribution in [0.4, 0.5) is 0 Å². The van der Waals surface area contributed by atoms with Gasteiger partial charge in [-0.2, -0.15) is 9.03 Å². The number of nitrogens with zero attached hydrogens (tertiary/aromatic N) is 2. The molecular formula is C16H25N3O5S2. The molecule has 1 fully saturated rings. The van der Waals surface area contributed by atoms with Crippen molar-refractivity contribution in [2.45, 2.75) is 24.8 Å². The molecule has 1 amide bonds. The van der Waals surface area contributed by atoms with E-state index in [0.717, 1.165) is 6.26 Å². The number of hydrogen-bond donors (Lipinski definition) is 1. The standard InChI is InChI=1S/C16H25N3O5S2/c1-13(2)15(17-26(23,24)14-7-5-4-6-8-14)16(20)18-9-11-19(12-10-18)25(3,21)22/h4-8,13,15,17H,9-12H2,1-3H3/t15-/m0/s1. The first-order valence-corrected chi connectivity index (χ1v) is 11.7. The molecule has 8 nitrogen and oxygen atoms in total. The number of amides is 1. The van der Waals surface area contributed by atoms with Gasteiger partial charge in [0.2, 0.25) is 26.0 Å². The predicted octanol–water partition coefficient (Wildman–Crippen LogP) is 0.0933. The third-order valence-electron chi connectivity index (χ3n) is 4.29. The van der Waals surface area contributed by atoms with Gasteiger partial charge in [0.05, 0.1) is 11.2 Å². The van der Waals surface area contributed by atoms with Gasteiger partial charge in [0.1, 0.15) is 6.04 Å². The summed E-state index contributed by atoms with van der Waals surface area (Å²) in [5.74, 6) is -0.596. The Morgan fingerprint density at radius 3 is 2.00 bits per heavy atom. The van der Waals surface area contributed by atoms with Crippen LogP contribution in [0.15, 0.2) is 35.2 Å². The lowest BCUT2D eigenvalue weighted by Gasteiger charge is -2.36. The Balaban J connectivity index is 2.12. The Hall–Kier alpha value is -1.49. The molecule has 2 rings (SSSR count). The maximum atomic E-state index is 12.8. The maximum Gasteiger partial charge on any atom is 0.241 e. The smallest absolute Gasteiger partial charge is 0.241 e. The number of benzene rings is 1. The molecule has 146 valence electrons. The van der Waals surface area contributed by atoms with Gasteiger partial charge in [-0.1, -0.05) is 32.0 Å². The summed E-state index contributed by atoms with van der Waals surface area (Å²) in [6.45, 7) is 4.43. The fraction of sp³-hybridized carbons (Fsp3) is 0.562. The summed E-state index contributed by atoms with van der Waals surface area (Å²) in [6, 6.07) is 6.97. The van der Waals surface area contributed by atoms with Gasteiger partial charge in [-0.3, -0.25) is 4.79 Å². The summed E-state index contributed by atoms with van der Waals surface area (Å²) in [7, 11) is -7.12. The van der Waals surface area contributed by atoms with Crippen LogP contribution in [0.2, 0.25) is 0 Å². The van der Waals surface area contributed by atoms with Crippen molar-refractivity contribution in [1.82, 2.24) is 13.9 Å². The normalized spacial score (nSPS) is 18.1. The lowest BCUT2D eigenvalue weighted by molar-refractivity contribution is -0.135. The molecule has 0 spiro atoms. The summed E-state index contributed by atoms with van der Waals surface area (Å²) in [5, 5.41) is 0. The first-order valence-electron chi connectivity index (χ1n) is 8.33. The molecule has 1 aromatic carbocycles. The molecule has 1 atom stereocenters. The highest BCUT2D eigenvalue weighted by Gasteiger charge is 2.34. The zero-order valence-corrected chi connectivity index (χ0v) is 16.8. The van der Waals surface area contributed by atoms with E-state index in [2.05, 4.69) is 4.72 Å². The van der Waals surface area contributed by atoms with Gasteiger partial charge in [-0.25, -0.2) is 16.8 Å². The van der Waals surface area contributed by atoms with Crippen LogP contribution in [0, 0.1) is 5.92 Å².